The van der Waals surface area contributed by atoms with Crippen LogP contribution in [0, 0.1) is 28.5 Å². The minimum Gasteiger partial charge on any atom is -0.323 e. The van der Waals surface area contributed by atoms with E-state index in [-0.39, 0.29) is 17.3 Å². The molecule has 0 aliphatic heterocycles. The molecule has 3 heteroatoms. The minimum atomic E-state index is -0.270. The molecule has 2 N–H and O–H groups in total. The summed E-state index contributed by atoms with van der Waals surface area (Å²) in [4.78, 5) is 4.00. The number of halogens is 1. The van der Waals surface area contributed by atoms with Gasteiger partial charge in [0.1, 0.15) is 5.82 Å². The van der Waals surface area contributed by atoms with E-state index in [1.54, 1.807) is 12.3 Å². The lowest BCUT2D eigenvalue weighted by molar-refractivity contribution is -0.113. The van der Waals surface area contributed by atoms with Gasteiger partial charge in [0.05, 0.1) is 6.20 Å². The number of hydrogen-bond donors (Lipinski definition) is 1. The molecular formula is C17H23FN2. The Kier molecular flexibility index (Phi) is 2.57. The van der Waals surface area contributed by atoms with Crippen LogP contribution in [0.15, 0.2) is 18.5 Å². The van der Waals surface area contributed by atoms with E-state index in [0.717, 1.165) is 17.4 Å². The van der Waals surface area contributed by atoms with Crippen molar-refractivity contribution < 1.29 is 4.39 Å². The van der Waals surface area contributed by atoms with Crippen molar-refractivity contribution in [3.05, 3.63) is 29.8 Å². The summed E-state index contributed by atoms with van der Waals surface area (Å²) in [5.41, 5.74) is 8.16. The maximum atomic E-state index is 13.5. The Morgan fingerprint density at radius 2 is 1.95 bits per heavy atom. The van der Waals surface area contributed by atoms with Crippen LogP contribution in [0.5, 0.6) is 0 Å². The average molecular weight is 274 g/mol. The molecule has 20 heavy (non-hydrogen) atoms. The quantitative estimate of drug-likeness (QED) is 0.890. The monoisotopic (exact) mass is 274 g/mol. The SMILES string of the molecule is CC12CC3CC(C1)CC(C(N)c1cncc(F)c1)(C3)C2. The molecule has 0 aromatic carbocycles. The molecule has 1 aromatic rings. The predicted molar refractivity (Wildman–Crippen MR) is 76.3 cm³/mol. The lowest BCUT2D eigenvalue weighted by atomic mass is 9.43. The molecule has 3 atom stereocenters. The maximum Gasteiger partial charge on any atom is 0.141 e. The van der Waals surface area contributed by atoms with Crippen molar-refractivity contribution in [2.45, 2.75) is 51.5 Å². The van der Waals surface area contributed by atoms with Gasteiger partial charge in [-0.15, -0.1) is 0 Å². The molecule has 5 rings (SSSR count). The van der Waals surface area contributed by atoms with Crippen LogP contribution in [0.4, 0.5) is 4.39 Å². The fourth-order valence-corrected chi connectivity index (χ4v) is 6.11. The first-order chi connectivity index (χ1) is 9.48. The Morgan fingerprint density at radius 1 is 1.25 bits per heavy atom. The van der Waals surface area contributed by atoms with Crippen molar-refractivity contribution in [3.63, 3.8) is 0 Å². The predicted octanol–water partition coefficient (Wildman–Crippen LogP) is 3.83. The second-order valence-corrected chi connectivity index (χ2v) is 8.05. The van der Waals surface area contributed by atoms with E-state index in [0.29, 0.717) is 5.41 Å². The highest BCUT2D eigenvalue weighted by Crippen LogP contribution is 2.67. The smallest absolute Gasteiger partial charge is 0.141 e. The Bertz CT molecular complexity index is 528. The first kappa shape index (κ1) is 12.8. The van der Waals surface area contributed by atoms with Gasteiger partial charge in [0.15, 0.2) is 0 Å². The number of nitrogens with two attached hydrogens (primary N) is 1. The molecule has 2 nitrogen and oxygen atoms in total. The number of hydrogen-bond acceptors (Lipinski definition) is 2. The van der Waals surface area contributed by atoms with Crippen LogP contribution in [-0.2, 0) is 0 Å². The molecule has 4 saturated carbocycles. The molecule has 0 amide bonds. The second kappa shape index (κ2) is 4.03. The first-order valence-corrected chi connectivity index (χ1v) is 7.84. The third-order valence-electron chi connectivity index (χ3n) is 6.14. The molecule has 4 aliphatic carbocycles. The fraction of sp³-hybridized carbons (Fsp3) is 0.706. The van der Waals surface area contributed by atoms with Crippen LogP contribution in [0.3, 0.4) is 0 Å². The van der Waals surface area contributed by atoms with Gasteiger partial charge < -0.3 is 5.73 Å². The Hall–Kier alpha value is -0.960. The highest BCUT2D eigenvalue weighted by molar-refractivity contribution is 5.21. The highest BCUT2D eigenvalue weighted by atomic mass is 19.1. The highest BCUT2D eigenvalue weighted by Gasteiger charge is 2.57. The van der Waals surface area contributed by atoms with E-state index in [9.17, 15) is 4.39 Å². The third-order valence-corrected chi connectivity index (χ3v) is 6.14. The van der Waals surface area contributed by atoms with Crippen LogP contribution >= 0.6 is 0 Å². The zero-order valence-corrected chi connectivity index (χ0v) is 12.1. The molecule has 108 valence electrons. The Morgan fingerprint density at radius 3 is 2.55 bits per heavy atom. The van der Waals surface area contributed by atoms with Crippen molar-refractivity contribution in [1.82, 2.24) is 4.98 Å². The lowest BCUT2D eigenvalue weighted by Crippen LogP contribution is -2.54. The minimum absolute atomic E-state index is 0.0593. The van der Waals surface area contributed by atoms with Crippen molar-refractivity contribution in [1.29, 1.82) is 0 Å². The molecule has 0 spiro atoms. The van der Waals surface area contributed by atoms with Gasteiger partial charge in [-0.2, -0.15) is 0 Å². The van der Waals surface area contributed by atoms with Gasteiger partial charge in [0.25, 0.3) is 0 Å². The van der Waals surface area contributed by atoms with Crippen molar-refractivity contribution in [2.24, 2.45) is 28.4 Å². The third kappa shape index (κ3) is 1.82. The van der Waals surface area contributed by atoms with Gasteiger partial charge >= 0.3 is 0 Å². The van der Waals surface area contributed by atoms with Gasteiger partial charge in [-0.05, 0) is 72.8 Å². The Labute approximate surface area is 120 Å². The number of nitrogens with zero attached hydrogens (tertiary/aromatic N) is 1. The van der Waals surface area contributed by atoms with E-state index >= 15 is 0 Å². The summed E-state index contributed by atoms with van der Waals surface area (Å²) in [6, 6.07) is 1.52. The molecule has 4 aliphatic rings. The average Bonchev–Trinajstić information content (AvgIpc) is 2.35. The van der Waals surface area contributed by atoms with Crippen LogP contribution in [0.2, 0.25) is 0 Å². The molecule has 1 heterocycles. The van der Waals surface area contributed by atoms with E-state index in [1.807, 2.05) is 0 Å². The maximum absolute atomic E-state index is 13.5. The van der Waals surface area contributed by atoms with Gasteiger partial charge in [-0.3, -0.25) is 4.98 Å². The number of aromatic nitrogens is 1. The van der Waals surface area contributed by atoms with Crippen LogP contribution in [0.25, 0.3) is 0 Å². The van der Waals surface area contributed by atoms with Gasteiger partial charge in [0, 0.05) is 12.2 Å². The van der Waals surface area contributed by atoms with Crippen molar-refractivity contribution in [2.75, 3.05) is 0 Å². The van der Waals surface area contributed by atoms with Crippen LogP contribution < -0.4 is 5.73 Å². The van der Waals surface area contributed by atoms with Crippen molar-refractivity contribution in [3.8, 4) is 0 Å². The number of pyridine rings is 1. The summed E-state index contributed by atoms with van der Waals surface area (Å²) in [5.74, 6) is 1.41. The molecule has 0 radical (unpaired) electrons. The van der Waals surface area contributed by atoms with Crippen LogP contribution in [0.1, 0.15) is 57.1 Å². The molecule has 4 fully saturated rings. The summed E-state index contributed by atoms with van der Waals surface area (Å²) < 4.78 is 13.5. The molecular weight excluding hydrogens is 251 g/mol. The normalized spacial score (nSPS) is 43.8. The Balaban J connectivity index is 1.70. The second-order valence-electron chi connectivity index (χ2n) is 8.05. The summed E-state index contributed by atoms with van der Waals surface area (Å²) in [6.07, 6.45) is 10.8. The largest absolute Gasteiger partial charge is 0.323 e. The summed E-state index contributed by atoms with van der Waals surface area (Å²) >= 11 is 0. The summed E-state index contributed by atoms with van der Waals surface area (Å²) in [6.45, 7) is 2.44. The summed E-state index contributed by atoms with van der Waals surface area (Å²) in [5, 5.41) is 0. The fourth-order valence-electron chi connectivity index (χ4n) is 6.11. The number of rotatable bonds is 2. The molecule has 4 bridgehead atoms. The topological polar surface area (TPSA) is 38.9 Å². The van der Waals surface area contributed by atoms with Crippen LogP contribution in [-0.4, -0.2) is 4.98 Å². The standard InChI is InChI=1S/C17H23FN2/c1-16-4-11-2-12(5-16)7-17(6-11,10-16)15(19)13-3-14(18)9-20-8-13/h3,8-9,11-12,15H,2,4-7,10,19H2,1H3. The first-order valence-electron chi connectivity index (χ1n) is 7.84. The van der Waals surface area contributed by atoms with Gasteiger partial charge in [-0.1, -0.05) is 6.92 Å². The zero-order chi connectivity index (χ0) is 14.0. The van der Waals surface area contributed by atoms with E-state index in [1.165, 1.54) is 44.7 Å². The molecule has 3 unspecified atom stereocenters. The zero-order valence-electron chi connectivity index (χ0n) is 12.1. The van der Waals surface area contributed by atoms with E-state index < -0.39 is 0 Å². The van der Waals surface area contributed by atoms with Gasteiger partial charge in [-0.25, -0.2) is 4.39 Å². The molecule has 0 saturated heterocycles. The van der Waals surface area contributed by atoms with E-state index in [4.69, 9.17) is 5.73 Å². The van der Waals surface area contributed by atoms with Crippen molar-refractivity contribution >= 4 is 0 Å². The summed E-state index contributed by atoms with van der Waals surface area (Å²) in [7, 11) is 0. The van der Waals surface area contributed by atoms with E-state index in [2.05, 4.69) is 11.9 Å². The lowest BCUT2D eigenvalue weighted by Gasteiger charge is -2.63. The van der Waals surface area contributed by atoms with Gasteiger partial charge in [0.2, 0.25) is 0 Å². The molecule has 1 aromatic heterocycles.